The number of ether oxygens (including phenoxy) is 1. The number of benzene rings is 2. The lowest BCUT2D eigenvalue weighted by Crippen LogP contribution is -2.35. The third-order valence-corrected chi connectivity index (χ3v) is 7.35. The quantitative estimate of drug-likeness (QED) is 0.566. The van der Waals surface area contributed by atoms with Crippen molar-refractivity contribution in [2.45, 2.75) is 36.6 Å². The fourth-order valence-electron chi connectivity index (χ4n) is 3.90. The lowest BCUT2D eigenvalue weighted by Gasteiger charge is -2.28. The fraction of sp³-hybridized carbons (Fsp3) is 0.400. The van der Waals surface area contributed by atoms with Crippen LogP contribution in [0.5, 0.6) is 5.75 Å². The molecule has 0 radical (unpaired) electrons. The van der Waals surface area contributed by atoms with Crippen molar-refractivity contribution in [3.8, 4) is 5.75 Å². The molecule has 0 bridgehead atoms. The van der Waals surface area contributed by atoms with Gasteiger partial charge in [-0.3, -0.25) is 10.1 Å². The molecule has 2 aromatic rings. The van der Waals surface area contributed by atoms with E-state index in [0.717, 1.165) is 25.3 Å². The van der Waals surface area contributed by atoms with Crippen LogP contribution < -0.4 is 10.1 Å². The van der Waals surface area contributed by atoms with Crippen molar-refractivity contribution in [1.82, 2.24) is 4.31 Å². The zero-order valence-corrected chi connectivity index (χ0v) is 17.0. The minimum absolute atomic E-state index is 0.0972. The van der Waals surface area contributed by atoms with Crippen LogP contribution in [0.15, 0.2) is 41.3 Å². The first-order chi connectivity index (χ1) is 14.4. The van der Waals surface area contributed by atoms with Gasteiger partial charge in [0, 0.05) is 31.1 Å². The Bertz CT molecular complexity index is 1070. The average molecular weight is 435 g/mol. The lowest BCUT2D eigenvalue weighted by atomic mass is 10.00. The molecule has 1 saturated heterocycles. The van der Waals surface area contributed by atoms with Gasteiger partial charge in [0.05, 0.1) is 22.5 Å². The number of nitro benzene ring substituents is 1. The monoisotopic (exact) mass is 435 g/mol. The smallest absolute Gasteiger partial charge is 0.293 e. The number of anilines is 1. The molecule has 2 aliphatic rings. The molecule has 1 fully saturated rings. The van der Waals surface area contributed by atoms with E-state index < -0.39 is 26.8 Å². The van der Waals surface area contributed by atoms with Gasteiger partial charge in [-0.15, -0.1) is 0 Å². The number of rotatable bonds is 5. The Morgan fingerprint density at radius 2 is 1.90 bits per heavy atom. The molecule has 10 heteroatoms. The van der Waals surface area contributed by atoms with E-state index in [1.54, 1.807) is 0 Å². The van der Waals surface area contributed by atoms with E-state index in [9.17, 15) is 22.9 Å². The van der Waals surface area contributed by atoms with Crippen LogP contribution in [0.3, 0.4) is 0 Å². The van der Waals surface area contributed by atoms with Crippen LogP contribution in [0.2, 0.25) is 0 Å². The van der Waals surface area contributed by atoms with Crippen molar-refractivity contribution in [2.75, 3.05) is 25.0 Å². The van der Waals surface area contributed by atoms with Crippen LogP contribution in [-0.4, -0.2) is 37.3 Å². The highest BCUT2D eigenvalue weighted by molar-refractivity contribution is 7.89. The number of sulfonamides is 1. The maximum atomic E-state index is 13.7. The van der Waals surface area contributed by atoms with Gasteiger partial charge in [0.15, 0.2) is 0 Å². The maximum Gasteiger partial charge on any atom is 0.293 e. The van der Waals surface area contributed by atoms with Crippen LogP contribution >= 0.6 is 0 Å². The van der Waals surface area contributed by atoms with E-state index in [1.165, 1.54) is 34.6 Å². The van der Waals surface area contributed by atoms with Crippen LogP contribution in [0.25, 0.3) is 0 Å². The minimum atomic E-state index is -3.79. The third-order valence-electron chi connectivity index (χ3n) is 5.46. The van der Waals surface area contributed by atoms with Crippen molar-refractivity contribution < 1.29 is 22.5 Å². The highest BCUT2D eigenvalue weighted by Crippen LogP contribution is 2.38. The second-order valence-corrected chi connectivity index (χ2v) is 9.35. The highest BCUT2D eigenvalue weighted by atomic mass is 32.2. The second kappa shape index (κ2) is 8.19. The summed E-state index contributed by atoms with van der Waals surface area (Å²) in [7, 11) is -3.79. The van der Waals surface area contributed by atoms with Gasteiger partial charge in [0.2, 0.25) is 10.0 Å². The standard InChI is InChI=1S/C20H22FN3O5S/c21-14-4-7-20-16(12-14)17(8-11-29-20)22-18-6-5-15(13-19(18)24(25)26)30(27,28)23-9-2-1-3-10-23/h4-7,12-13,17,22H,1-3,8-11H2. The molecule has 0 aliphatic carbocycles. The van der Waals surface area contributed by atoms with Crippen molar-refractivity contribution in [2.24, 2.45) is 0 Å². The third kappa shape index (κ3) is 3.97. The zero-order valence-electron chi connectivity index (χ0n) is 16.2. The molecule has 30 heavy (non-hydrogen) atoms. The van der Waals surface area contributed by atoms with E-state index in [4.69, 9.17) is 4.74 Å². The number of nitrogens with zero attached hydrogens (tertiary/aromatic N) is 2. The van der Waals surface area contributed by atoms with Gasteiger partial charge in [-0.1, -0.05) is 6.42 Å². The van der Waals surface area contributed by atoms with Gasteiger partial charge >= 0.3 is 0 Å². The molecule has 2 aromatic carbocycles. The lowest BCUT2D eigenvalue weighted by molar-refractivity contribution is -0.384. The molecule has 1 atom stereocenters. The summed E-state index contributed by atoms with van der Waals surface area (Å²) in [6.07, 6.45) is 3.02. The van der Waals surface area contributed by atoms with Gasteiger partial charge in [0.1, 0.15) is 17.3 Å². The van der Waals surface area contributed by atoms with Crippen molar-refractivity contribution in [1.29, 1.82) is 0 Å². The summed E-state index contributed by atoms with van der Waals surface area (Å²) < 4.78 is 46.4. The molecule has 0 aromatic heterocycles. The molecular weight excluding hydrogens is 413 g/mol. The summed E-state index contributed by atoms with van der Waals surface area (Å²) in [6.45, 7) is 1.21. The average Bonchev–Trinajstić information content (AvgIpc) is 2.75. The summed E-state index contributed by atoms with van der Waals surface area (Å²) >= 11 is 0. The topological polar surface area (TPSA) is 102 Å². The van der Waals surface area contributed by atoms with Crippen LogP contribution in [0.4, 0.5) is 15.8 Å². The molecule has 160 valence electrons. The van der Waals surface area contributed by atoms with Crippen molar-refractivity contribution in [3.05, 3.63) is 57.9 Å². The number of hydrogen-bond acceptors (Lipinski definition) is 6. The van der Waals surface area contributed by atoms with Crippen molar-refractivity contribution in [3.63, 3.8) is 0 Å². The maximum absolute atomic E-state index is 13.7. The number of fused-ring (bicyclic) bond motifs is 1. The first kappa shape index (κ1) is 20.5. The Morgan fingerprint density at radius 3 is 2.63 bits per heavy atom. The molecule has 0 saturated carbocycles. The SMILES string of the molecule is O=[N+]([O-])c1cc(S(=O)(=O)N2CCCCC2)ccc1NC1CCOc2ccc(F)cc21. The normalized spacial score (nSPS) is 19.6. The van der Waals surface area contributed by atoms with Crippen LogP contribution in [0, 0.1) is 15.9 Å². The molecule has 2 aliphatic heterocycles. The van der Waals surface area contributed by atoms with E-state index in [1.807, 2.05) is 0 Å². The fourth-order valence-corrected chi connectivity index (χ4v) is 5.44. The number of nitro groups is 1. The predicted molar refractivity (Wildman–Crippen MR) is 109 cm³/mol. The zero-order chi connectivity index (χ0) is 21.3. The molecule has 1 unspecified atom stereocenters. The predicted octanol–water partition coefficient (Wildman–Crippen LogP) is 3.84. The van der Waals surface area contributed by atoms with Crippen LogP contribution in [-0.2, 0) is 10.0 Å². The van der Waals surface area contributed by atoms with E-state index in [0.29, 0.717) is 37.4 Å². The molecular formula is C20H22FN3O5S. The van der Waals surface area contributed by atoms with E-state index >= 15 is 0 Å². The Balaban J connectivity index is 1.66. The van der Waals surface area contributed by atoms with Gasteiger partial charge < -0.3 is 10.1 Å². The first-order valence-electron chi connectivity index (χ1n) is 9.83. The Labute approximate surface area is 173 Å². The summed E-state index contributed by atoms with van der Waals surface area (Å²) in [5.74, 6) is 0.0932. The van der Waals surface area contributed by atoms with Crippen molar-refractivity contribution >= 4 is 21.4 Å². The summed E-state index contributed by atoms with van der Waals surface area (Å²) in [5.41, 5.74) is 0.415. The van der Waals surface area contributed by atoms with Gasteiger partial charge in [0.25, 0.3) is 5.69 Å². The minimum Gasteiger partial charge on any atom is -0.493 e. The summed E-state index contributed by atoms with van der Waals surface area (Å²) in [5, 5.41) is 14.8. The Hall–Kier alpha value is -2.72. The van der Waals surface area contributed by atoms with Crippen LogP contribution in [0.1, 0.15) is 37.3 Å². The summed E-state index contributed by atoms with van der Waals surface area (Å²) in [6, 6.07) is 7.65. The van der Waals surface area contributed by atoms with E-state index in [-0.39, 0.29) is 16.3 Å². The number of nitrogens with one attached hydrogen (secondary N) is 1. The molecule has 0 amide bonds. The number of halogens is 1. The largest absolute Gasteiger partial charge is 0.493 e. The Kier molecular flexibility index (Phi) is 5.61. The Morgan fingerprint density at radius 1 is 1.13 bits per heavy atom. The highest BCUT2D eigenvalue weighted by Gasteiger charge is 2.30. The van der Waals surface area contributed by atoms with Gasteiger partial charge in [-0.05, 0) is 43.2 Å². The van der Waals surface area contributed by atoms with Gasteiger partial charge in [-0.2, -0.15) is 4.31 Å². The first-order valence-corrected chi connectivity index (χ1v) is 11.3. The second-order valence-electron chi connectivity index (χ2n) is 7.42. The summed E-state index contributed by atoms with van der Waals surface area (Å²) in [4.78, 5) is 11.0. The van der Waals surface area contributed by atoms with E-state index in [2.05, 4.69) is 5.32 Å². The molecule has 0 spiro atoms. The molecule has 2 heterocycles. The van der Waals surface area contributed by atoms with Gasteiger partial charge in [-0.25, -0.2) is 12.8 Å². The molecule has 4 rings (SSSR count). The molecule has 8 nitrogen and oxygen atoms in total. The number of hydrogen-bond donors (Lipinski definition) is 1. The molecule has 1 N–H and O–H groups in total. The number of piperidine rings is 1.